The van der Waals surface area contributed by atoms with Crippen LogP contribution in [0.15, 0.2) is 322 Å². The van der Waals surface area contributed by atoms with Gasteiger partial charge in [-0.05, 0) is 48.5 Å². The van der Waals surface area contributed by atoms with Crippen LogP contribution in [0.4, 0.5) is 85.3 Å². The van der Waals surface area contributed by atoms with Crippen molar-refractivity contribution in [3.8, 4) is 11.5 Å². The molecule has 0 fully saturated rings. The molecule has 14 aromatic carbocycles. The van der Waals surface area contributed by atoms with Gasteiger partial charge in [0.15, 0.2) is 0 Å². The molecule has 0 radical (unpaired) electrons. The van der Waals surface area contributed by atoms with Crippen LogP contribution in [-0.2, 0) is 0 Å². The molecule has 0 N–H and O–H groups in total. The van der Waals surface area contributed by atoms with Crippen LogP contribution >= 0.6 is 0 Å². The fourth-order valence-electron chi connectivity index (χ4n) is 15.7. The number of fused-ring (bicyclic) bond motifs is 14. The first-order valence-electron chi connectivity index (χ1n) is 32.1. The summed E-state index contributed by atoms with van der Waals surface area (Å²) in [5.74, 6) is 1.67. The van der Waals surface area contributed by atoms with Gasteiger partial charge in [0.25, 0.3) is 0 Å². The summed E-state index contributed by atoms with van der Waals surface area (Å²) in [5, 5.41) is 5.38. The summed E-state index contributed by atoms with van der Waals surface area (Å²) in [7, 11) is 0. The van der Waals surface area contributed by atoms with Gasteiger partial charge >= 0.3 is 384 Å². The molecule has 94 heavy (non-hydrogen) atoms. The van der Waals surface area contributed by atoms with Crippen molar-refractivity contribution in [1.29, 1.82) is 0 Å². The minimum atomic E-state index is -0.173. The van der Waals surface area contributed by atoms with Crippen LogP contribution in [0.2, 0.25) is 0 Å². The second-order valence-corrected chi connectivity index (χ2v) is 29.3. The summed E-state index contributed by atoms with van der Waals surface area (Å²) in [4.78, 5) is 12.5. The SMILES string of the molecule is c1ccc(N(c2ccccc2)c2cc3c4c(c2)N(c2ccccc2)c2ccccc2B4c2cc4c(cc2O3)N(c2ccccc2)c2cc(N(c3ccccc3)c3ccc5c(c3)[se]c3ccccc35)cc3c2B4c2ccccc2N3c2ccc3c(c2)[se]c2ccccc23)cc1. The van der Waals surface area contributed by atoms with Gasteiger partial charge in [-0.25, -0.2) is 0 Å². The van der Waals surface area contributed by atoms with Crippen molar-refractivity contribution < 1.29 is 4.74 Å². The Morgan fingerprint density at radius 1 is 0.245 bits per heavy atom. The first-order valence-corrected chi connectivity index (χ1v) is 35.5. The van der Waals surface area contributed by atoms with Gasteiger partial charge in [0.1, 0.15) is 5.75 Å². The maximum Gasteiger partial charge on any atom is -0.0380 e. The summed E-state index contributed by atoms with van der Waals surface area (Å²) >= 11 is 0.320. The van der Waals surface area contributed by atoms with Gasteiger partial charge < -0.3 is 9.80 Å². The van der Waals surface area contributed by atoms with E-state index < -0.39 is 0 Å². The Labute approximate surface area is 557 Å². The molecule has 6 nitrogen and oxygen atoms in total. The molecule has 4 aliphatic heterocycles. The molecule has 6 heterocycles. The van der Waals surface area contributed by atoms with Crippen molar-refractivity contribution in [2.75, 3.05) is 24.5 Å². The standard InChI is InChI=1S/C84H53B2N5OSe2/c1-6-24-54(25-7-1)87(55-26-8-2-9-27-55)62-48-76-84-78(49-62)92-77-53-73-69(52-70(77)86(84)68-37-19-20-38-71(68)89(76)57-30-12-4-13-31-57)85-67-36-18-21-39-72(67)91(60-43-45-66-64-35-17-23-41-80(64)94-82(66)51-60)75-47-61(46-74(83(75)85)90(73)58-32-14-5-15-33-58)88(56-28-10-3-11-29-56)59-42-44-65-63-34-16-22-40-79(63)93-81(65)50-59/h1-53H. The van der Waals surface area contributed by atoms with Crippen LogP contribution < -0.4 is 62.0 Å². The van der Waals surface area contributed by atoms with E-state index in [1.165, 1.54) is 66.1 Å². The quantitative estimate of drug-likeness (QED) is 0.134. The van der Waals surface area contributed by atoms with Crippen LogP contribution in [-0.4, -0.2) is 42.4 Å². The van der Waals surface area contributed by atoms with Gasteiger partial charge in [-0.2, -0.15) is 0 Å². The summed E-state index contributed by atoms with van der Waals surface area (Å²) in [6.07, 6.45) is 0. The minimum absolute atomic E-state index is 0.156. The minimum Gasteiger partial charge on any atom is -0.0602 e. The van der Waals surface area contributed by atoms with E-state index in [1.807, 2.05) is 0 Å². The van der Waals surface area contributed by atoms with Crippen LogP contribution in [0, 0.1) is 0 Å². The fraction of sp³-hybridized carbons (Fsp3) is 0. The summed E-state index contributed by atoms with van der Waals surface area (Å²) < 4.78 is 13.5. The van der Waals surface area contributed by atoms with E-state index in [4.69, 9.17) is 4.74 Å². The number of benzene rings is 14. The first-order chi connectivity index (χ1) is 46.6. The predicted octanol–water partition coefficient (Wildman–Crippen LogP) is 17.8. The van der Waals surface area contributed by atoms with Crippen molar-refractivity contribution in [3.05, 3.63) is 322 Å². The third-order valence-electron chi connectivity index (χ3n) is 19.6. The Morgan fingerprint density at radius 3 is 1.24 bits per heavy atom. The number of ether oxygens (including phenoxy) is 1. The van der Waals surface area contributed by atoms with Crippen molar-refractivity contribution >= 4 is 199 Å². The molecule has 10 heteroatoms. The number of para-hydroxylation sites is 7. The number of anilines is 15. The van der Waals surface area contributed by atoms with E-state index in [0.29, 0.717) is 0 Å². The molecule has 0 saturated heterocycles. The summed E-state index contributed by atoms with van der Waals surface area (Å²) in [6.45, 7) is -0.345. The third kappa shape index (κ3) is 8.24. The van der Waals surface area contributed by atoms with Crippen molar-refractivity contribution in [3.63, 3.8) is 0 Å². The van der Waals surface area contributed by atoms with E-state index in [9.17, 15) is 0 Å². The molecule has 0 spiro atoms. The Morgan fingerprint density at radius 2 is 0.670 bits per heavy atom. The van der Waals surface area contributed by atoms with E-state index >= 15 is 0 Å². The van der Waals surface area contributed by atoms with Crippen LogP contribution in [0.25, 0.3) is 38.6 Å². The molecule has 0 aliphatic carbocycles. The molecule has 2 aromatic heterocycles. The molecule has 0 bridgehead atoms. The average molecular weight is 1330 g/mol. The molecule has 0 atom stereocenters. The largest absolute Gasteiger partial charge is 0.0602 e. The Balaban J connectivity index is 0.861. The monoisotopic (exact) mass is 1330 g/mol. The zero-order chi connectivity index (χ0) is 61.5. The number of rotatable bonds is 9. The zero-order valence-electron chi connectivity index (χ0n) is 50.7. The molecule has 0 unspecified atom stereocenters. The molecule has 438 valence electrons. The van der Waals surface area contributed by atoms with E-state index in [-0.39, 0.29) is 42.4 Å². The Kier molecular flexibility index (Phi) is 12.2. The molecular weight excluding hydrogens is 1270 g/mol. The van der Waals surface area contributed by atoms with Crippen LogP contribution in [0.3, 0.4) is 0 Å². The number of nitrogens with zero attached hydrogens (tertiary/aromatic N) is 5. The summed E-state index contributed by atoms with van der Waals surface area (Å²) in [6, 6.07) is 120. The Hall–Kier alpha value is -11.0. The zero-order valence-corrected chi connectivity index (χ0v) is 54.1. The smallest absolute Gasteiger partial charge is 0.0380 e. The van der Waals surface area contributed by atoms with Gasteiger partial charge in [-0.15, -0.1) is 0 Å². The van der Waals surface area contributed by atoms with Gasteiger partial charge in [0.05, 0.1) is 5.69 Å². The van der Waals surface area contributed by atoms with Crippen LogP contribution in [0.5, 0.6) is 11.5 Å². The van der Waals surface area contributed by atoms with Gasteiger partial charge in [-0.3, -0.25) is 0 Å². The van der Waals surface area contributed by atoms with E-state index in [2.05, 4.69) is 346 Å². The van der Waals surface area contributed by atoms with E-state index in [0.717, 1.165) is 102 Å². The summed E-state index contributed by atoms with van der Waals surface area (Å²) in [5.41, 5.74) is 23.8. The average Bonchev–Trinajstić information content (AvgIpc) is 0.975. The second kappa shape index (κ2) is 21.3. The maximum absolute atomic E-state index is 7.78. The van der Waals surface area contributed by atoms with E-state index in [1.54, 1.807) is 0 Å². The van der Waals surface area contributed by atoms with Crippen molar-refractivity contribution in [2.45, 2.75) is 0 Å². The first kappa shape index (κ1) is 53.7. The van der Waals surface area contributed by atoms with Crippen molar-refractivity contribution in [2.24, 2.45) is 0 Å². The number of hydrogen-bond donors (Lipinski definition) is 0. The van der Waals surface area contributed by atoms with Gasteiger partial charge in [-0.1, -0.05) is 72.8 Å². The van der Waals surface area contributed by atoms with Gasteiger partial charge in [0, 0.05) is 34.5 Å². The molecule has 0 saturated carbocycles. The third-order valence-corrected chi connectivity index (χ3v) is 24.3. The molecule has 20 rings (SSSR count). The van der Waals surface area contributed by atoms with Crippen LogP contribution in [0.1, 0.15) is 0 Å². The molecule has 0 amide bonds. The fourth-order valence-corrected chi connectivity index (χ4v) is 20.5. The predicted molar refractivity (Wildman–Crippen MR) is 400 cm³/mol. The second-order valence-electron chi connectivity index (χ2n) is 24.7. The number of hydrogen-bond acceptors (Lipinski definition) is 6. The molecule has 16 aromatic rings. The maximum atomic E-state index is 7.78. The topological polar surface area (TPSA) is 25.4 Å². The molecule has 4 aliphatic rings. The Bertz CT molecular complexity index is 5690. The molecular formula is C84H53B2N5OSe2. The normalized spacial score (nSPS) is 13.1. The van der Waals surface area contributed by atoms with Crippen molar-refractivity contribution in [1.82, 2.24) is 0 Å². The van der Waals surface area contributed by atoms with Gasteiger partial charge in [0.2, 0.25) is 0 Å².